The molecular weight excluding hydrogens is 690 g/mol. The number of carbonyl (C=O) groups is 1. The van der Waals surface area contributed by atoms with Crippen LogP contribution in [0.5, 0.6) is 0 Å². The monoisotopic (exact) mass is 743 g/mol. The molecule has 18 nitrogen and oxygen atoms in total. The van der Waals surface area contributed by atoms with E-state index < -0.39 is 79.5 Å². The van der Waals surface area contributed by atoms with E-state index in [2.05, 4.69) is 30.1 Å². The summed E-state index contributed by atoms with van der Waals surface area (Å²) in [5.41, 5.74) is 29.1. The average molecular weight is 744 g/mol. The SMILES string of the molecule is COC(=O)CCCCCO[C@H]1OC(C)[C@@H](N=[N+]=[N-])[C@H](C)C1O[C@H]1OC(C)[C@@H](N=[N+]=[N-])[C@H](C)C1O[C@H]1OC(C)[C@@H](N=[N+]=[N-])[C@H](C)C1OCc1ccccc1. The number of carbonyl (C=O) groups excluding carboxylic acids is 1. The van der Waals surface area contributed by atoms with E-state index in [1.165, 1.54) is 7.11 Å². The zero-order valence-electron chi connectivity index (χ0n) is 31.5. The highest BCUT2D eigenvalue weighted by Crippen LogP contribution is 2.40. The average Bonchev–Trinajstić information content (AvgIpc) is 3.14. The Morgan fingerprint density at radius 1 is 0.660 bits per heavy atom. The van der Waals surface area contributed by atoms with Crippen molar-refractivity contribution >= 4 is 5.97 Å². The van der Waals surface area contributed by atoms with Crippen LogP contribution in [0.1, 0.15) is 72.8 Å². The molecular formula is C35H53N9O9. The molecule has 3 fully saturated rings. The smallest absolute Gasteiger partial charge is 0.305 e. The number of nitrogens with zero attached hydrogens (tertiary/aromatic N) is 9. The predicted octanol–water partition coefficient (Wildman–Crippen LogP) is 7.27. The van der Waals surface area contributed by atoms with Crippen LogP contribution in [-0.4, -0.2) is 93.3 Å². The highest BCUT2D eigenvalue weighted by molar-refractivity contribution is 5.68. The fourth-order valence-corrected chi connectivity index (χ4v) is 7.38. The van der Waals surface area contributed by atoms with Gasteiger partial charge in [-0.2, -0.15) is 0 Å². The number of methoxy groups -OCH3 is 1. The summed E-state index contributed by atoms with van der Waals surface area (Å²) >= 11 is 0. The summed E-state index contributed by atoms with van der Waals surface area (Å²) < 4.78 is 50.1. The number of azide groups is 3. The zero-order chi connectivity index (χ0) is 38.5. The van der Waals surface area contributed by atoms with Crippen LogP contribution < -0.4 is 0 Å². The van der Waals surface area contributed by atoms with Crippen LogP contribution in [0.25, 0.3) is 31.3 Å². The molecule has 18 heteroatoms. The fourth-order valence-electron chi connectivity index (χ4n) is 7.38. The van der Waals surface area contributed by atoms with E-state index in [0.29, 0.717) is 25.9 Å². The van der Waals surface area contributed by atoms with Gasteiger partial charge in [0.15, 0.2) is 18.9 Å². The second kappa shape index (κ2) is 20.7. The van der Waals surface area contributed by atoms with Crippen LogP contribution in [0.3, 0.4) is 0 Å². The zero-order valence-corrected chi connectivity index (χ0v) is 31.5. The minimum absolute atomic E-state index is 0.253. The van der Waals surface area contributed by atoms with Gasteiger partial charge < -0.3 is 37.9 Å². The van der Waals surface area contributed by atoms with Crippen molar-refractivity contribution in [3.8, 4) is 0 Å². The van der Waals surface area contributed by atoms with Gasteiger partial charge in [0.2, 0.25) is 0 Å². The predicted molar refractivity (Wildman–Crippen MR) is 190 cm³/mol. The fraction of sp³-hybridized carbons (Fsp3) is 0.800. The lowest BCUT2D eigenvalue weighted by Crippen LogP contribution is -2.61. The third kappa shape index (κ3) is 11.0. The molecule has 3 saturated heterocycles. The number of hydrogen-bond donors (Lipinski definition) is 0. The van der Waals surface area contributed by atoms with Crippen LogP contribution in [-0.2, 0) is 49.3 Å². The van der Waals surface area contributed by atoms with E-state index in [1.54, 1.807) is 6.92 Å². The molecule has 0 aromatic heterocycles. The lowest BCUT2D eigenvalue weighted by molar-refractivity contribution is -0.365. The lowest BCUT2D eigenvalue weighted by atomic mass is 9.87. The molecule has 3 heterocycles. The van der Waals surface area contributed by atoms with E-state index in [9.17, 15) is 21.4 Å². The number of hydrogen-bond acceptors (Lipinski definition) is 12. The summed E-state index contributed by atoms with van der Waals surface area (Å²) in [6.45, 7) is 11.7. The summed E-state index contributed by atoms with van der Waals surface area (Å²) in [6.07, 6.45) is -4.30. The normalized spacial score (nSPS) is 37.0. The largest absolute Gasteiger partial charge is 0.469 e. The summed E-state index contributed by atoms with van der Waals surface area (Å²) in [5, 5.41) is 12.1. The van der Waals surface area contributed by atoms with Crippen molar-refractivity contribution in [2.45, 2.75) is 147 Å². The van der Waals surface area contributed by atoms with Crippen molar-refractivity contribution in [1.82, 2.24) is 0 Å². The topological polar surface area (TPSA) is 237 Å². The maximum absolute atomic E-state index is 11.5. The summed E-state index contributed by atoms with van der Waals surface area (Å²) in [4.78, 5) is 20.7. The molecule has 0 radical (unpaired) electrons. The van der Waals surface area contributed by atoms with E-state index in [-0.39, 0.29) is 24.4 Å². The third-order valence-corrected chi connectivity index (χ3v) is 10.4. The van der Waals surface area contributed by atoms with Gasteiger partial charge in [-0.15, -0.1) is 0 Å². The Kier molecular flexibility index (Phi) is 16.4. The molecule has 3 aliphatic heterocycles. The second-order valence-corrected chi connectivity index (χ2v) is 14.0. The first-order chi connectivity index (χ1) is 25.5. The Bertz CT molecular complexity index is 1460. The molecule has 6 unspecified atom stereocenters. The molecule has 4 rings (SSSR count). The van der Waals surface area contributed by atoms with Gasteiger partial charge in [0.1, 0.15) is 18.3 Å². The van der Waals surface area contributed by atoms with Gasteiger partial charge in [-0.3, -0.25) is 4.79 Å². The highest BCUT2D eigenvalue weighted by Gasteiger charge is 2.52. The maximum Gasteiger partial charge on any atom is 0.305 e. The molecule has 292 valence electrons. The minimum Gasteiger partial charge on any atom is -0.469 e. The lowest BCUT2D eigenvalue weighted by Gasteiger charge is -2.50. The van der Waals surface area contributed by atoms with E-state index in [1.807, 2.05) is 65.0 Å². The Balaban J connectivity index is 1.61. The Hall–Kier alpha value is -3.66. The van der Waals surface area contributed by atoms with Crippen molar-refractivity contribution in [2.24, 2.45) is 33.1 Å². The van der Waals surface area contributed by atoms with Crippen LogP contribution in [0, 0.1) is 17.8 Å². The van der Waals surface area contributed by atoms with Crippen molar-refractivity contribution in [1.29, 1.82) is 0 Å². The van der Waals surface area contributed by atoms with Gasteiger partial charge in [0.05, 0.1) is 50.2 Å². The molecule has 0 N–H and O–H groups in total. The summed E-state index contributed by atoms with van der Waals surface area (Å²) in [7, 11) is 1.37. The van der Waals surface area contributed by atoms with E-state index >= 15 is 0 Å². The second-order valence-electron chi connectivity index (χ2n) is 14.0. The highest BCUT2D eigenvalue weighted by atomic mass is 16.8. The molecule has 0 spiro atoms. The van der Waals surface area contributed by atoms with Crippen LogP contribution in [0.2, 0.25) is 0 Å². The van der Waals surface area contributed by atoms with E-state index in [4.69, 9.17) is 37.9 Å². The molecule has 3 aliphatic rings. The first-order valence-electron chi connectivity index (χ1n) is 18.3. The van der Waals surface area contributed by atoms with Gasteiger partial charge >= 0.3 is 5.97 Å². The van der Waals surface area contributed by atoms with Crippen LogP contribution in [0.4, 0.5) is 0 Å². The summed E-state index contributed by atoms with van der Waals surface area (Å²) in [6, 6.07) is 7.94. The van der Waals surface area contributed by atoms with Gasteiger partial charge in [0, 0.05) is 27.8 Å². The summed E-state index contributed by atoms with van der Waals surface area (Å²) in [5.74, 6) is -1.37. The third-order valence-electron chi connectivity index (χ3n) is 10.4. The maximum atomic E-state index is 11.5. The van der Waals surface area contributed by atoms with Gasteiger partial charge in [-0.05, 0) is 73.5 Å². The first kappa shape index (κ1) is 42.1. The number of esters is 1. The van der Waals surface area contributed by atoms with Gasteiger partial charge in [-0.25, -0.2) is 0 Å². The molecule has 1 aromatic rings. The van der Waals surface area contributed by atoms with E-state index in [0.717, 1.165) is 12.0 Å². The molecule has 1 aromatic carbocycles. The van der Waals surface area contributed by atoms with Gasteiger partial charge in [-0.1, -0.05) is 72.9 Å². The standard InChI is InChI=1S/C35H53N9O9/c1-19-27(39-42-36)23(5)50-34(30(19)48-18-25-14-10-8-11-15-25)53-32-21(3)29(41-44-38)24(6)51-35(32)52-31-20(2)28(40-43-37)22(4)49-33(31)47-17-13-9-12-16-26(45)46-7/h8,10-11,14-15,19-24,27-35H,9,12-13,16-18H2,1-7H3/t19-,20-,21-,22?,23?,24?,27-,28-,29-,30?,31?,32?,33-,34+,35+/m0/s1. The van der Waals surface area contributed by atoms with Crippen molar-refractivity contribution < 1.29 is 42.7 Å². The molecule has 0 aliphatic carbocycles. The quantitative estimate of drug-likeness (QED) is 0.0511. The van der Waals surface area contributed by atoms with Crippen LogP contribution >= 0.6 is 0 Å². The number of benzene rings is 1. The molecule has 0 bridgehead atoms. The number of ether oxygens (including phenoxy) is 8. The Morgan fingerprint density at radius 2 is 1.13 bits per heavy atom. The Morgan fingerprint density at radius 3 is 1.64 bits per heavy atom. The van der Waals surface area contributed by atoms with Crippen molar-refractivity contribution in [2.75, 3.05) is 13.7 Å². The number of unbranched alkanes of at least 4 members (excludes halogenated alkanes) is 2. The number of rotatable bonds is 17. The molecule has 0 saturated carbocycles. The van der Waals surface area contributed by atoms with Crippen molar-refractivity contribution in [3.63, 3.8) is 0 Å². The van der Waals surface area contributed by atoms with Crippen LogP contribution in [0.15, 0.2) is 45.7 Å². The van der Waals surface area contributed by atoms with Crippen molar-refractivity contribution in [3.05, 3.63) is 67.2 Å². The molecule has 0 amide bonds. The first-order valence-corrected chi connectivity index (χ1v) is 18.3. The minimum atomic E-state index is -1.04. The Labute approximate surface area is 309 Å². The molecule has 53 heavy (non-hydrogen) atoms. The van der Waals surface area contributed by atoms with Gasteiger partial charge in [0.25, 0.3) is 0 Å². The molecule has 15 atom stereocenters.